The summed E-state index contributed by atoms with van der Waals surface area (Å²) < 4.78 is 13.2. The fraction of sp³-hybridized carbons (Fsp3) is 0.200. The summed E-state index contributed by atoms with van der Waals surface area (Å²) in [5.41, 5.74) is 7.38. The molecular weight excluding hydrogens is 919 g/mol. The van der Waals surface area contributed by atoms with E-state index in [9.17, 15) is 9.90 Å². The number of esters is 1. The van der Waals surface area contributed by atoms with Crippen LogP contribution in [0, 0.1) is 17.8 Å². The van der Waals surface area contributed by atoms with Crippen molar-refractivity contribution in [2.45, 2.75) is 42.6 Å². The molecular formula is C55H47N7O8S. The van der Waals surface area contributed by atoms with E-state index in [4.69, 9.17) is 20.2 Å². The minimum absolute atomic E-state index is 0.0196. The minimum atomic E-state index is -2.09. The molecule has 2 saturated heterocycles. The van der Waals surface area contributed by atoms with Crippen molar-refractivity contribution in [1.82, 2.24) is 20.5 Å². The number of hydrogen-bond acceptors (Lipinski definition) is 11. The van der Waals surface area contributed by atoms with E-state index >= 15 is 19.2 Å². The molecule has 3 aliphatic heterocycles. The molecule has 7 atom stereocenters. The van der Waals surface area contributed by atoms with Gasteiger partial charge in [0.05, 0.1) is 53.1 Å². The predicted octanol–water partition coefficient (Wildman–Crippen LogP) is 7.46. The summed E-state index contributed by atoms with van der Waals surface area (Å²) in [6, 6.07) is 41.8. The number of aromatic nitrogens is 1. The molecule has 0 unspecified atom stereocenters. The molecule has 10 rings (SSSR count). The van der Waals surface area contributed by atoms with Crippen molar-refractivity contribution in [2.24, 2.45) is 11.7 Å². The van der Waals surface area contributed by atoms with Gasteiger partial charge in [-0.3, -0.25) is 19.3 Å². The maximum atomic E-state index is 16.7. The molecule has 0 bridgehead atoms. The quantitative estimate of drug-likeness (QED) is 0.0639. The SMILES string of the molecule is C[C@@H](NC(=O)N1C(=O)[C@@]2(c3cc(C#CCNC(N)=O)ccc31)[C@H](c1ccc(OCCO)cc1)N1[C@H](c3ccccc3)[C@H](c3ccccc3)OC(=O)[C@H]1[C@@H]2C(=O)Nc1nc2ccccc2s1)c1ccccc1. The number of nitrogens with zero attached hydrogens (tertiary/aromatic N) is 3. The number of ether oxygens (including phenoxy) is 2. The molecule has 1 spiro atoms. The zero-order valence-electron chi connectivity index (χ0n) is 38.2. The number of fused-ring (bicyclic) bond motifs is 4. The number of urea groups is 2. The summed E-state index contributed by atoms with van der Waals surface area (Å²) in [6.45, 7) is 1.50. The fourth-order valence-corrected chi connectivity index (χ4v) is 11.2. The molecule has 71 heavy (non-hydrogen) atoms. The van der Waals surface area contributed by atoms with Crippen LogP contribution in [0.15, 0.2) is 158 Å². The number of benzene rings is 6. The van der Waals surface area contributed by atoms with Gasteiger partial charge in [0.15, 0.2) is 5.13 Å². The minimum Gasteiger partial charge on any atom is -0.491 e. The first-order chi connectivity index (χ1) is 34.6. The lowest BCUT2D eigenvalue weighted by Crippen LogP contribution is -2.55. The second-order valence-electron chi connectivity index (χ2n) is 17.4. The van der Waals surface area contributed by atoms with Gasteiger partial charge < -0.3 is 36.3 Å². The van der Waals surface area contributed by atoms with Crippen LogP contribution < -0.4 is 31.3 Å². The summed E-state index contributed by atoms with van der Waals surface area (Å²) in [4.78, 5) is 82.6. The number of carbonyl (C=O) groups is 5. The molecule has 6 aromatic carbocycles. The first kappa shape index (κ1) is 46.4. The number of primary amides is 1. The third-order valence-electron chi connectivity index (χ3n) is 13.2. The Hall–Kier alpha value is -8.36. The average molecular weight is 966 g/mol. The molecule has 3 aliphatic rings. The number of nitrogens with two attached hydrogens (primary N) is 1. The van der Waals surface area contributed by atoms with E-state index in [1.54, 1.807) is 49.4 Å². The molecule has 356 valence electrons. The lowest BCUT2D eigenvalue weighted by molar-refractivity contribution is -0.177. The van der Waals surface area contributed by atoms with E-state index in [0.717, 1.165) is 20.7 Å². The average Bonchev–Trinajstić information content (AvgIpc) is 4.03. The molecule has 6 amide bonds. The Balaban J connectivity index is 1.25. The molecule has 0 radical (unpaired) electrons. The van der Waals surface area contributed by atoms with Crippen molar-refractivity contribution in [3.8, 4) is 17.6 Å². The number of hydrogen-bond donors (Lipinski definition) is 5. The van der Waals surface area contributed by atoms with Crippen LogP contribution in [-0.2, 0) is 24.5 Å². The largest absolute Gasteiger partial charge is 0.491 e. The summed E-state index contributed by atoms with van der Waals surface area (Å²) in [5.74, 6) is 2.54. The summed E-state index contributed by atoms with van der Waals surface area (Å²) in [5, 5.41) is 18.4. The number of thiazole rings is 1. The van der Waals surface area contributed by atoms with Crippen molar-refractivity contribution >= 4 is 62.2 Å². The van der Waals surface area contributed by atoms with Gasteiger partial charge in [0.2, 0.25) is 11.8 Å². The number of anilines is 2. The van der Waals surface area contributed by atoms with E-state index < -0.39 is 71.5 Å². The Morgan fingerprint density at radius 1 is 0.845 bits per heavy atom. The fourth-order valence-electron chi connectivity index (χ4n) is 10.4. The van der Waals surface area contributed by atoms with Gasteiger partial charge in [-0.1, -0.05) is 138 Å². The van der Waals surface area contributed by atoms with Gasteiger partial charge in [0.1, 0.15) is 29.9 Å². The van der Waals surface area contributed by atoms with Crippen molar-refractivity contribution in [3.63, 3.8) is 0 Å². The second-order valence-corrected chi connectivity index (χ2v) is 18.4. The molecule has 16 heteroatoms. The van der Waals surface area contributed by atoms with Gasteiger partial charge in [-0.15, -0.1) is 0 Å². The molecule has 1 aromatic heterocycles. The van der Waals surface area contributed by atoms with E-state index in [1.807, 2.05) is 120 Å². The number of para-hydroxylation sites is 1. The molecule has 15 nitrogen and oxygen atoms in total. The van der Waals surface area contributed by atoms with E-state index in [0.29, 0.717) is 28.0 Å². The highest BCUT2D eigenvalue weighted by Crippen LogP contribution is 2.66. The highest BCUT2D eigenvalue weighted by atomic mass is 32.1. The van der Waals surface area contributed by atoms with Crippen LogP contribution in [0.2, 0.25) is 0 Å². The highest BCUT2D eigenvalue weighted by molar-refractivity contribution is 7.22. The number of nitrogens with one attached hydrogen (secondary N) is 3. The lowest BCUT2D eigenvalue weighted by atomic mass is 9.65. The lowest BCUT2D eigenvalue weighted by Gasteiger charge is -2.46. The van der Waals surface area contributed by atoms with Crippen LogP contribution in [0.25, 0.3) is 10.2 Å². The normalized spacial score (nSPS) is 21.6. The van der Waals surface area contributed by atoms with Gasteiger partial charge in [0.25, 0.3) is 0 Å². The topological polar surface area (TPSA) is 206 Å². The van der Waals surface area contributed by atoms with E-state index in [2.05, 4.69) is 27.8 Å². The monoisotopic (exact) mass is 965 g/mol. The number of cyclic esters (lactones) is 1. The number of rotatable bonds is 11. The Kier molecular flexibility index (Phi) is 12.8. The van der Waals surface area contributed by atoms with Gasteiger partial charge >= 0.3 is 18.0 Å². The number of morpholine rings is 1. The summed E-state index contributed by atoms with van der Waals surface area (Å²) in [7, 11) is 0. The zero-order chi connectivity index (χ0) is 49.2. The second kappa shape index (κ2) is 19.6. The zero-order valence-corrected chi connectivity index (χ0v) is 39.0. The molecule has 0 saturated carbocycles. The molecule has 6 N–H and O–H groups in total. The standard InChI is InChI=1S/C55H47N7O8S/c1-33(35-15-5-2-6-16-35)58-54(68)61-42-28-23-34(14-13-29-57-52(56)67)32-40(42)55(51(61)66)44(49(64)60-53-59-41-21-11-12-22-43(41)71-53)46-50(65)70-47(37-19-9-4-10-20-37)45(36-17-7-3-8-18-36)62(46)48(55)38-24-26-39(27-25-38)69-31-30-63/h2-12,15-28,32-33,44-48,63H,29-31H2,1H3,(H,58,68)(H3,56,57,67)(H,59,60,64)/t33-,44-,45-,46-,47+,48+,55-/m1/s1. The number of aliphatic hydroxyl groups is 1. The Bertz CT molecular complexity index is 3190. The van der Waals surface area contributed by atoms with Gasteiger partial charge in [-0.25, -0.2) is 19.5 Å². The van der Waals surface area contributed by atoms with Gasteiger partial charge in [-0.2, -0.15) is 0 Å². The number of carbonyl (C=O) groups excluding carboxylic acids is 5. The Labute approximate surface area is 412 Å². The third kappa shape index (κ3) is 8.50. The predicted molar refractivity (Wildman–Crippen MR) is 267 cm³/mol. The van der Waals surface area contributed by atoms with Crippen LogP contribution in [0.1, 0.15) is 64.5 Å². The maximum Gasteiger partial charge on any atom is 0.329 e. The highest BCUT2D eigenvalue weighted by Gasteiger charge is 2.75. The van der Waals surface area contributed by atoms with Crippen molar-refractivity contribution < 1.29 is 38.6 Å². The van der Waals surface area contributed by atoms with Crippen LogP contribution in [0.5, 0.6) is 5.75 Å². The number of imide groups is 1. The number of aliphatic hydroxyl groups excluding tert-OH is 1. The van der Waals surface area contributed by atoms with Crippen LogP contribution >= 0.6 is 11.3 Å². The molecule has 2 fully saturated rings. The van der Waals surface area contributed by atoms with E-state index in [1.165, 1.54) is 11.3 Å². The van der Waals surface area contributed by atoms with E-state index in [-0.39, 0.29) is 36.1 Å². The number of amides is 6. The first-order valence-electron chi connectivity index (χ1n) is 23.0. The van der Waals surface area contributed by atoms with Crippen LogP contribution in [-0.4, -0.2) is 70.6 Å². The molecule has 0 aliphatic carbocycles. The smallest absolute Gasteiger partial charge is 0.329 e. The first-order valence-corrected chi connectivity index (χ1v) is 23.8. The maximum absolute atomic E-state index is 16.7. The summed E-state index contributed by atoms with van der Waals surface area (Å²) >= 11 is 1.24. The van der Waals surface area contributed by atoms with Crippen LogP contribution in [0.4, 0.5) is 20.4 Å². The van der Waals surface area contributed by atoms with Gasteiger partial charge in [-0.05, 0) is 77.2 Å². The molecule has 4 heterocycles. The Morgan fingerprint density at radius 3 is 2.21 bits per heavy atom. The van der Waals surface area contributed by atoms with Gasteiger partial charge in [0, 0.05) is 5.56 Å². The summed E-state index contributed by atoms with van der Waals surface area (Å²) in [6.07, 6.45) is -0.947. The van der Waals surface area contributed by atoms with Crippen molar-refractivity contribution in [3.05, 3.63) is 191 Å². The Morgan fingerprint density at radius 2 is 1.52 bits per heavy atom. The molecule has 7 aromatic rings. The third-order valence-corrected chi connectivity index (χ3v) is 14.2. The van der Waals surface area contributed by atoms with Crippen molar-refractivity contribution in [2.75, 3.05) is 30.0 Å². The van der Waals surface area contributed by atoms with Crippen molar-refractivity contribution in [1.29, 1.82) is 0 Å². The van der Waals surface area contributed by atoms with Crippen LogP contribution in [0.3, 0.4) is 0 Å².